The van der Waals surface area contributed by atoms with E-state index in [4.69, 9.17) is 9.47 Å². The molecule has 1 aromatic heterocycles. The summed E-state index contributed by atoms with van der Waals surface area (Å²) in [5.41, 5.74) is 5.13. The second-order valence-electron chi connectivity index (χ2n) is 8.37. The summed E-state index contributed by atoms with van der Waals surface area (Å²) < 4.78 is 13.1. The molecule has 1 spiro atoms. The van der Waals surface area contributed by atoms with E-state index in [0.717, 1.165) is 49.2 Å². The van der Waals surface area contributed by atoms with Crippen LogP contribution in [0.1, 0.15) is 29.0 Å². The van der Waals surface area contributed by atoms with E-state index >= 15 is 0 Å². The molecule has 0 bridgehead atoms. The Bertz CT molecular complexity index is 1060. The van der Waals surface area contributed by atoms with Crippen molar-refractivity contribution < 1.29 is 9.47 Å². The molecule has 0 saturated carbocycles. The van der Waals surface area contributed by atoms with Gasteiger partial charge in [-0.3, -0.25) is 0 Å². The number of hydrogen-bond acceptors (Lipinski definition) is 5. The normalized spacial score (nSPS) is 24.0. The summed E-state index contributed by atoms with van der Waals surface area (Å²) in [5.74, 6) is 1.73. The number of ether oxygens (including phenoxy) is 2. The Morgan fingerprint density at radius 1 is 1.18 bits per heavy atom. The predicted octanol–water partition coefficient (Wildman–Crippen LogP) is 4.53. The highest BCUT2D eigenvalue weighted by Crippen LogP contribution is 2.52. The number of rotatable bonds is 2. The van der Waals surface area contributed by atoms with E-state index in [1.165, 1.54) is 34.4 Å². The monoisotopic (exact) mass is 392 g/mol. The molecule has 3 aromatic rings. The van der Waals surface area contributed by atoms with E-state index in [0.29, 0.717) is 5.92 Å². The third-order valence-electron chi connectivity index (χ3n) is 6.63. The molecule has 3 aliphatic heterocycles. The van der Waals surface area contributed by atoms with Gasteiger partial charge in [0.2, 0.25) is 0 Å². The fourth-order valence-corrected chi connectivity index (χ4v) is 6.10. The van der Waals surface area contributed by atoms with Crippen molar-refractivity contribution in [3.63, 3.8) is 0 Å². The maximum Gasteiger partial charge on any atom is 0.125 e. The van der Waals surface area contributed by atoms with Crippen LogP contribution >= 0.6 is 11.3 Å². The maximum absolute atomic E-state index is 6.27. The van der Waals surface area contributed by atoms with E-state index in [-0.39, 0.29) is 5.41 Å². The van der Waals surface area contributed by atoms with E-state index in [1.54, 1.807) is 11.3 Å². The van der Waals surface area contributed by atoms with E-state index in [9.17, 15) is 0 Å². The van der Waals surface area contributed by atoms with Crippen molar-refractivity contribution in [2.45, 2.75) is 25.2 Å². The molecule has 0 radical (unpaired) electrons. The van der Waals surface area contributed by atoms with E-state index in [1.807, 2.05) is 0 Å². The van der Waals surface area contributed by atoms with Crippen LogP contribution in [-0.4, -0.2) is 37.9 Å². The number of aromatic nitrogens is 1. The SMILES string of the molecule is Cc1nc2cc3c(cc2s1)C1(CO3)CN(CC2CCOCC2)c2ccccc21. The van der Waals surface area contributed by atoms with Crippen LogP contribution in [0.4, 0.5) is 5.69 Å². The summed E-state index contributed by atoms with van der Waals surface area (Å²) in [4.78, 5) is 7.26. The Morgan fingerprint density at radius 2 is 2.04 bits per heavy atom. The minimum atomic E-state index is -0.0663. The highest BCUT2D eigenvalue weighted by atomic mass is 32.1. The number of benzene rings is 2. The zero-order valence-electron chi connectivity index (χ0n) is 16.1. The number of fused-ring (bicyclic) bond motifs is 5. The first-order valence-corrected chi connectivity index (χ1v) is 11.0. The zero-order chi connectivity index (χ0) is 18.7. The predicted molar refractivity (Wildman–Crippen MR) is 113 cm³/mol. The van der Waals surface area contributed by atoms with Gasteiger partial charge in [0.25, 0.3) is 0 Å². The van der Waals surface area contributed by atoms with Crippen LogP contribution in [0.3, 0.4) is 0 Å². The Morgan fingerprint density at radius 3 is 2.93 bits per heavy atom. The molecular formula is C23H24N2O2S. The van der Waals surface area contributed by atoms with Crippen LogP contribution < -0.4 is 9.64 Å². The van der Waals surface area contributed by atoms with Gasteiger partial charge in [0.05, 0.1) is 20.6 Å². The largest absolute Gasteiger partial charge is 0.492 e. The molecular weight excluding hydrogens is 368 g/mol. The van der Waals surface area contributed by atoms with Crippen LogP contribution in [0.25, 0.3) is 10.2 Å². The van der Waals surface area contributed by atoms with Gasteiger partial charge in [-0.15, -0.1) is 11.3 Å². The molecule has 3 aliphatic rings. The van der Waals surface area contributed by atoms with Gasteiger partial charge in [-0.2, -0.15) is 0 Å². The zero-order valence-corrected chi connectivity index (χ0v) is 16.9. The summed E-state index contributed by atoms with van der Waals surface area (Å²) in [6.07, 6.45) is 2.33. The smallest absolute Gasteiger partial charge is 0.125 e. The van der Waals surface area contributed by atoms with Crippen molar-refractivity contribution in [1.29, 1.82) is 0 Å². The van der Waals surface area contributed by atoms with Crippen LogP contribution in [0, 0.1) is 12.8 Å². The van der Waals surface area contributed by atoms with Gasteiger partial charge in [-0.1, -0.05) is 18.2 Å². The average Bonchev–Trinajstić information content (AvgIpc) is 3.35. The van der Waals surface area contributed by atoms with Crippen molar-refractivity contribution in [1.82, 2.24) is 4.98 Å². The van der Waals surface area contributed by atoms with Gasteiger partial charge in [0, 0.05) is 43.6 Å². The summed E-state index contributed by atoms with van der Waals surface area (Å²) in [7, 11) is 0. The van der Waals surface area contributed by atoms with Gasteiger partial charge in [-0.25, -0.2) is 4.98 Å². The molecule has 1 atom stereocenters. The minimum Gasteiger partial charge on any atom is -0.492 e. The first kappa shape index (κ1) is 16.8. The molecule has 1 fully saturated rings. The number of anilines is 1. The summed E-state index contributed by atoms with van der Waals surface area (Å²) in [6, 6.07) is 13.4. The van der Waals surface area contributed by atoms with Crippen molar-refractivity contribution in [3.8, 4) is 5.75 Å². The van der Waals surface area contributed by atoms with E-state index in [2.05, 4.69) is 53.2 Å². The van der Waals surface area contributed by atoms with Gasteiger partial charge in [-0.05, 0) is 43.4 Å². The van der Waals surface area contributed by atoms with Crippen molar-refractivity contribution in [2.75, 3.05) is 37.8 Å². The van der Waals surface area contributed by atoms with Crippen LogP contribution in [0.2, 0.25) is 0 Å². The van der Waals surface area contributed by atoms with Crippen LogP contribution in [-0.2, 0) is 10.2 Å². The average molecular weight is 393 g/mol. The lowest BCUT2D eigenvalue weighted by Gasteiger charge is -2.30. The minimum absolute atomic E-state index is 0.0663. The fourth-order valence-electron chi connectivity index (χ4n) is 5.25. The molecule has 5 heteroatoms. The molecule has 28 heavy (non-hydrogen) atoms. The molecule has 0 amide bonds. The summed E-state index contributed by atoms with van der Waals surface area (Å²) in [5, 5.41) is 1.11. The highest BCUT2D eigenvalue weighted by Gasteiger charge is 2.50. The van der Waals surface area contributed by atoms with Crippen LogP contribution in [0.5, 0.6) is 5.75 Å². The molecule has 4 nitrogen and oxygen atoms in total. The first-order chi connectivity index (χ1) is 13.7. The number of aryl methyl sites for hydroxylation is 1. The van der Waals surface area contributed by atoms with Crippen molar-refractivity contribution in [2.24, 2.45) is 5.92 Å². The third-order valence-corrected chi connectivity index (χ3v) is 7.56. The molecule has 6 rings (SSSR count). The van der Waals surface area contributed by atoms with Crippen molar-refractivity contribution >= 4 is 27.2 Å². The first-order valence-electron chi connectivity index (χ1n) is 10.2. The number of nitrogens with zero attached hydrogens (tertiary/aromatic N) is 2. The highest BCUT2D eigenvalue weighted by molar-refractivity contribution is 7.18. The van der Waals surface area contributed by atoms with Crippen molar-refractivity contribution in [3.05, 3.63) is 52.5 Å². The summed E-state index contributed by atoms with van der Waals surface area (Å²) >= 11 is 1.78. The molecule has 0 N–H and O–H groups in total. The molecule has 1 saturated heterocycles. The van der Waals surface area contributed by atoms with Gasteiger partial charge in [0.15, 0.2) is 0 Å². The molecule has 2 aromatic carbocycles. The molecule has 1 unspecified atom stereocenters. The second kappa shape index (κ2) is 6.19. The molecule has 0 aliphatic carbocycles. The Kier molecular flexibility index (Phi) is 3.72. The topological polar surface area (TPSA) is 34.6 Å². The Hall–Kier alpha value is -2.11. The lowest BCUT2D eigenvalue weighted by molar-refractivity contribution is 0.0681. The Balaban J connectivity index is 1.43. The summed E-state index contributed by atoms with van der Waals surface area (Å²) in [6.45, 7) is 6.71. The standard InChI is InChI=1S/C23H24N2O2S/c1-15-24-19-11-21-18(10-22(19)28-15)23(14-27-21)13-25(12-16-6-8-26-9-7-16)20-5-3-2-4-17(20)23/h2-5,10-11,16H,6-9,12-14H2,1H3. The quantitative estimate of drug-likeness (QED) is 0.642. The van der Waals surface area contributed by atoms with Gasteiger partial charge < -0.3 is 14.4 Å². The van der Waals surface area contributed by atoms with Crippen LogP contribution in [0.15, 0.2) is 36.4 Å². The van der Waals surface area contributed by atoms with Gasteiger partial charge >= 0.3 is 0 Å². The fraction of sp³-hybridized carbons (Fsp3) is 0.435. The Labute approximate surface area is 169 Å². The van der Waals surface area contributed by atoms with E-state index < -0.39 is 0 Å². The molecule has 144 valence electrons. The molecule has 4 heterocycles. The third kappa shape index (κ3) is 2.42. The lowest BCUT2D eigenvalue weighted by Crippen LogP contribution is -2.38. The number of para-hydroxylation sites is 1. The lowest BCUT2D eigenvalue weighted by atomic mass is 9.78. The van der Waals surface area contributed by atoms with Gasteiger partial charge in [0.1, 0.15) is 12.4 Å². The second-order valence-corrected chi connectivity index (χ2v) is 9.61. The maximum atomic E-state index is 6.27. The number of hydrogen-bond donors (Lipinski definition) is 0. The number of thiazole rings is 1.